The minimum atomic E-state index is -1.85. The molecule has 0 aliphatic heterocycles. The Morgan fingerprint density at radius 2 is 1.78 bits per heavy atom. The summed E-state index contributed by atoms with van der Waals surface area (Å²) in [6.07, 6.45) is 5.25. The van der Waals surface area contributed by atoms with Crippen LogP contribution in [0.4, 0.5) is 0 Å². The average Bonchev–Trinajstić information content (AvgIpc) is 1.14. The van der Waals surface area contributed by atoms with Gasteiger partial charge in [0.2, 0.25) is 0 Å². The first-order chi connectivity index (χ1) is 3.71. The zero-order valence-electron chi connectivity index (χ0n) is 6.60. The van der Waals surface area contributed by atoms with Gasteiger partial charge in [-0.25, -0.2) is 0 Å². The van der Waals surface area contributed by atoms with Gasteiger partial charge in [0.15, 0.2) is 0 Å². The molecule has 0 aromatic carbocycles. The van der Waals surface area contributed by atoms with E-state index in [0.717, 1.165) is 0 Å². The van der Waals surface area contributed by atoms with Gasteiger partial charge in [-0.1, -0.05) is 27.7 Å². The van der Waals surface area contributed by atoms with Crippen molar-refractivity contribution in [3.63, 3.8) is 0 Å². The Bertz CT molecular complexity index is 130. The molecule has 0 saturated carbocycles. The summed E-state index contributed by atoms with van der Waals surface area (Å²) in [7, 11) is -3.10. The molecule has 0 saturated heterocycles. The van der Waals surface area contributed by atoms with Crippen molar-refractivity contribution < 1.29 is 4.21 Å². The van der Waals surface area contributed by atoms with E-state index in [2.05, 4.69) is 25.9 Å². The molecule has 1 unspecified atom stereocenters. The number of hydrogen-bond donors (Lipinski definition) is 0. The zero-order valence-corrected chi connectivity index (χ0v) is 8.42. The molecule has 0 amide bonds. The summed E-state index contributed by atoms with van der Waals surface area (Å²) in [5.41, 5.74) is 0. The van der Waals surface area contributed by atoms with Crippen LogP contribution in [0.25, 0.3) is 0 Å². The van der Waals surface area contributed by atoms with Crippen molar-refractivity contribution in [3.8, 4) is 0 Å². The predicted molar refractivity (Wildman–Crippen MR) is 47.0 cm³/mol. The average molecular weight is 163 g/mol. The van der Waals surface area contributed by atoms with E-state index in [1.807, 2.05) is 5.38 Å². The highest BCUT2D eigenvalue weighted by molar-refractivity contribution is 8.06. The van der Waals surface area contributed by atoms with Crippen molar-refractivity contribution >= 4 is 18.0 Å². The highest BCUT2D eigenvalue weighted by Crippen LogP contribution is 2.14. The van der Waals surface area contributed by atoms with Gasteiger partial charge in [-0.05, 0) is 0 Å². The molecule has 0 heterocycles. The quantitative estimate of drug-likeness (QED) is 0.345. The van der Waals surface area contributed by atoms with Gasteiger partial charge in [0, 0.05) is 6.26 Å². The number of hydrogen-bond acceptors (Lipinski definition) is 1. The maximum Gasteiger partial charge on any atom is 0.0484 e. The van der Waals surface area contributed by atoms with Gasteiger partial charge < -0.3 is 0 Å². The van der Waals surface area contributed by atoms with Gasteiger partial charge in [0.05, 0.1) is 0 Å². The molecule has 0 fully saturated rings. The van der Waals surface area contributed by atoms with Gasteiger partial charge in [0.25, 0.3) is 0 Å². The van der Waals surface area contributed by atoms with Gasteiger partial charge in [-0.15, -0.1) is 11.6 Å². The summed E-state index contributed by atoms with van der Waals surface area (Å²) in [5, 5.41) is 1.93. The van der Waals surface area contributed by atoms with Crippen LogP contribution in [-0.2, 0) is 14.1 Å². The monoisotopic (exact) mass is 163 g/mol. The molecular weight excluding hydrogens is 148 g/mol. The molecular formula is C6H15OSSi-. The lowest BCUT2D eigenvalue weighted by Crippen LogP contribution is -2.27. The lowest BCUT2D eigenvalue weighted by atomic mass is 11.7. The summed E-state index contributed by atoms with van der Waals surface area (Å²) in [5.74, 6) is 0. The summed E-state index contributed by atoms with van der Waals surface area (Å²) in [6.45, 7) is 6.46. The van der Waals surface area contributed by atoms with Crippen LogP contribution in [0.5, 0.6) is 0 Å². The molecule has 0 bridgehead atoms. The van der Waals surface area contributed by atoms with Crippen LogP contribution in [0.2, 0.25) is 19.6 Å². The van der Waals surface area contributed by atoms with Crippen LogP contribution < -0.4 is 0 Å². The van der Waals surface area contributed by atoms with E-state index in [9.17, 15) is 4.21 Å². The minimum Gasteiger partial charge on any atom is -0.186 e. The Hall–Kier alpha value is 0.367. The van der Waals surface area contributed by atoms with Gasteiger partial charge >= 0.3 is 0 Å². The van der Waals surface area contributed by atoms with Crippen LogP contribution in [-0.4, -0.2) is 14.3 Å². The van der Waals surface area contributed by atoms with Crippen molar-refractivity contribution in [2.45, 2.75) is 19.6 Å². The smallest absolute Gasteiger partial charge is 0.0484 e. The molecule has 0 radical (unpaired) electrons. The van der Waals surface area contributed by atoms with Gasteiger partial charge in [-0.2, -0.15) is 14.1 Å². The molecule has 3 heteroatoms. The largest absolute Gasteiger partial charge is 0.186 e. The molecule has 0 aliphatic rings. The topological polar surface area (TPSA) is 17.1 Å². The Kier molecular flexibility index (Phi) is 2.64. The Morgan fingerprint density at radius 3 is 1.78 bits per heavy atom. The minimum absolute atomic E-state index is 1.26. The first kappa shape index (κ1) is 9.37. The molecule has 0 aromatic rings. The molecule has 0 N–H and O–H groups in total. The van der Waals surface area contributed by atoms with Crippen molar-refractivity contribution in [1.82, 2.24) is 0 Å². The van der Waals surface area contributed by atoms with Crippen LogP contribution in [0.15, 0.2) is 0 Å². The molecule has 0 aromatic heterocycles. The second-order valence-electron chi connectivity index (χ2n) is 3.56. The molecule has 56 valence electrons. The normalized spacial score (nSPS) is 19.2. The van der Waals surface area contributed by atoms with Crippen molar-refractivity contribution in [1.29, 1.82) is 0 Å². The first-order valence-corrected chi connectivity index (χ1v) is 8.66. The van der Waals surface area contributed by atoms with Crippen LogP contribution >= 0.6 is 0 Å². The van der Waals surface area contributed by atoms with Crippen molar-refractivity contribution in [2.24, 2.45) is 0 Å². The fourth-order valence-electron chi connectivity index (χ4n) is 0.748. The Morgan fingerprint density at radius 1 is 1.44 bits per heavy atom. The second kappa shape index (κ2) is 2.54. The summed E-state index contributed by atoms with van der Waals surface area (Å²) >= 11 is 0. The maximum atomic E-state index is 11.1. The summed E-state index contributed by atoms with van der Waals surface area (Å²) in [4.78, 5) is 0. The SMILES string of the molecule is [CH2-][S+](C)(=O)[CH-][Si](C)(C)C. The summed E-state index contributed by atoms with van der Waals surface area (Å²) in [6, 6.07) is 0. The highest BCUT2D eigenvalue weighted by atomic mass is 32.2. The standard InChI is InChI=1S/C6H15OSSi/c1-8(2,7)6-9(3,4)5/h6H,1H2,2-5H3/q-1. The van der Waals surface area contributed by atoms with E-state index in [1.165, 1.54) is 0 Å². The van der Waals surface area contributed by atoms with Crippen molar-refractivity contribution in [3.05, 3.63) is 11.6 Å². The summed E-state index contributed by atoms with van der Waals surface area (Å²) < 4.78 is 11.1. The molecule has 0 spiro atoms. The van der Waals surface area contributed by atoms with E-state index in [0.29, 0.717) is 0 Å². The molecule has 0 rings (SSSR count). The van der Waals surface area contributed by atoms with E-state index >= 15 is 0 Å². The zero-order chi connectivity index (χ0) is 7.71. The fourth-order valence-corrected chi connectivity index (χ4v) is 6.73. The van der Waals surface area contributed by atoms with E-state index in [-0.39, 0.29) is 0 Å². The Balaban J connectivity index is 3.90. The van der Waals surface area contributed by atoms with Gasteiger partial charge in [-0.3, -0.25) is 0 Å². The maximum absolute atomic E-state index is 11.1. The van der Waals surface area contributed by atoms with Crippen molar-refractivity contribution in [2.75, 3.05) is 6.26 Å². The molecule has 1 atom stereocenters. The Labute approximate surface area is 60.3 Å². The van der Waals surface area contributed by atoms with Crippen LogP contribution in [0.1, 0.15) is 0 Å². The van der Waals surface area contributed by atoms with Crippen LogP contribution in [0, 0.1) is 11.6 Å². The third-order valence-corrected chi connectivity index (χ3v) is 5.43. The van der Waals surface area contributed by atoms with E-state index in [4.69, 9.17) is 0 Å². The van der Waals surface area contributed by atoms with E-state index < -0.39 is 18.0 Å². The third kappa shape index (κ3) is 8.37. The van der Waals surface area contributed by atoms with E-state index in [1.54, 1.807) is 6.26 Å². The third-order valence-electron chi connectivity index (χ3n) is 0.603. The first-order valence-electron chi connectivity index (χ1n) is 2.89. The molecule has 1 nitrogen and oxygen atoms in total. The number of rotatable bonds is 2. The van der Waals surface area contributed by atoms with Crippen LogP contribution in [0.3, 0.4) is 0 Å². The molecule has 9 heavy (non-hydrogen) atoms. The lowest BCUT2D eigenvalue weighted by Gasteiger charge is -2.29. The van der Waals surface area contributed by atoms with Gasteiger partial charge in [0.1, 0.15) is 0 Å². The lowest BCUT2D eigenvalue weighted by molar-refractivity contribution is 0.596. The second-order valence-corrected chi connectivity index (χ2v) is 11.4. The predicted octanol–water partition coefficient (Wildman–Crippen LogP) is 1.95. The molecule has 0 aliphatic carbocycles. The fraction of sp³-hybridized carbons (Fsp3) is 0.667. The highest BCUT2D eigenvalue weighted by Gasteiger charge is 2.09.